The Bertz CT molecular complexity index is 506. The van der Waals surface area contributed by atoms with Crippen LogP contribution in [0.2, 0.25) is 0 Å². The van der Waals surface area contributed by atoms with Crippen LogP contribution in [0.25, 0.3) is 0 Å². The molecule has 0 spiro atoms. The molecule has 19 heavy (non-hydrogen) atoms. The summed E-state index contributed by atoms with van der Waals surface area (Å²) in [5, 5.41) is 26.0. The number of carboxylic acids is 3. The third-order valence-corrected chi connectivity index (χ3v) is 2.38. The summed E-state index contributed by atoms with van der Waals surface area (Å²) in [6, 6.07) is -1.86. The maximum absolute atomic E-state index is 11.6. The van der Waals surface area contributed by atoms with E-state index in [0.717, 1.165) is 0 Å². The number of carbonyl (C=O) groups is 5. The summed E-state index contributed by atoms with van der Waals surface area (Å²) < 4.78 is 0. The third-order valence-electron chi connectivity index (χ3n) is 2.38. The highest BCUT2D eigenvalue weighted by Gasteiger charge is 2.39. The first kappa shape index (κ1) is 14.4. The molecule has 9 heteroatoms. The molecule has 1 rings (SSSR count). The number of nitrogens with zero attached hydrogens (tertiary/aromatic N) is 1. The number of carbonyl (C=O) groups excluding carboxylic acids is 2. The lowest BCUT2D eigenvalue weighted by Crippen LogP contribution is -2.51. The van der Waals surface area contributed by atoms with Crippen LogP contribution in [-0.2, 0) is 24.0 Å². The van der Waals surface area contributed by atoms with Gasteiger partial charge in [-0.2, -0.15) is 0 Å². The van der Waals surface area contributed by atoms with E-state index >= 15 is 0 Å². The van der Waals surface area contributed by atoms with Gasteiger partial charge in [-0.3, -0.25) is 19.3 Å². The van der Waals surface area contributed by atoms with E-state index in [-0.39, 0.29) is 4.90 Å². The maximum Gasteiger partial charge on any atom is 0.332 e. The number of hydrogen-bond donors (Lipinski definition) is 3. The number of hydrogen-bond acceptors (Lipinski definition) is 5. The second-order valence-corrected chi connectivity index (χ2v) is 3.71. The third kappa shape index (κ3) is 3.15. The predicted molar refractivity (Wildman–Crippen MR) is 55.9 cm³/mol. The molecule has 1 heterocycles. The predicted octanol–water partition coefficient (Wildman–Crippen LogP) is -1.32. The normalized spacial score (nSPS) is 16.8. The number of amides is 2. The quantitative estimate of drug-likeness (QED) is 0.521. The van der Waals surface area contributed by atoms with Crippen LogP contribution in [0.4, 0.5) is 0 Å². The van der Waals surface area contributed by atoms with Crippen molar-refractivity contribution in [2.75, 3.05) is 0 Å². The standard InChI is InChI=1S/C10H9NO8/c12-6-1-4(9(16)17)2-7(13)11(6)5(10(18)19)3-8(14)15/h1,5H,2-3H2,(H,14,15)(H,16,17)(H,18,19). The summed E-state index contributed by atoms with van der Waals surface area (Å²) >= 11 is 0. The second-order valence-electron chi connectivity index (χ2n) is 3.71. The molecule has 0 saturated heterocycles. The van der Waals surface area contributed by atoms with Crippen molar-refractivity contribution >= 4 is 29.7 Å². The Morgan fingerprint density at radius 2 is 1.79 bits per heavy atom. The Kier molecular flexibility index (Phi) is 4.00. The van der Waals surface area contributed by atoms with Gasteiger partial charge in [0.25, 0.3) is 5.91 Å². The second kappa shape index (κ2) is 5.29. The van der Waals surface area contributed by atoms with E-state index in [1.165, 1.54) is 0 Å². The van der Waals surface area contributed by atoms with Crippen molar-refractivity contribution in [3.05, 3.63) is 11.6 Å². The fourth-order valence-corrected chi connectivity index (χ4v) is 1.56. The SMILES string of the molecule is O=C(O)CC(C(=O)O)N1C(=O)C=C(C(=O)O)CC1=O. The van der Waals surface area contributed by atoms with E-state index in [0.29, 0.717) is 6.08 Å². The van der Waals surface area contributed by atoms with E-state index in [4.69, 9.17) is 15.3 Å². The number of rotatable bonds is 5. The lowest BCUT2D eigenvalue weighted by atomic mass is 10.0. The molecular weight excluding hydrogens is 262 g/mol. The molecule has 1 aliphatic rings. The number of aliphatic carboxylic acids is 3. The zero-order valence-corrected chi connectivity index (χ0v) is 9.40. The highest BCUT2D eigenvalue weighted by Crippen LogP contribution is 2.18. The molecule has 1 atom stereocenters. The molecule has 102 valence electrons. The highest BCUT2D eigenvalue weighted by atomic mass is 16.4. The minimum Gasteiger partial charge on any atom is -0.481 e. The molecule has 9 nitrogen and oxygen atoms in total. The Morgan fingerprint density at radius 3 is 2.16 bits per heavy atom. The zero-order chi connectivity index (χ0) is 14.7. The minimum atomic E-state index is -1.86. The fraction of sp³-hybridized carbons (Fsp3) is 0.300. The Hall–Kier alpha value is -2.71. The lowest BCUT2D eigenvalue weighted by Gasteiger charge is -2.28. The summed E-state index contributed by atoms with van der Waals surface area (Å²) in [5.41, 5.74) is -0.467. The van der Waals surface area contributed by atoms with Crippen molar-refractivity contribution in [2.24, 2.45) is 0 Å². The van der Waals surface area contributed by atoms with E-state index in [2.05, 4.69) is 0 Å². The van der Waals surface area contributed by atoms with Crippen LogP contribution >= 0.6 is 0 Å². The van der Waals surface area contributed by atoms with E-state index in [1.54, 1.807) is 0 Å². The van der Waals surface area contributed by atoms with Gasteiger partial charge >= 0.3 is 17.9 Å². The van der Waals surface area contributed by atoms with Crippen molar-refractivity contribution in [1.82, 2.24) is 4.90 Å². The van der Waals surface area contributed by atoms with Crippen LogP contribution in [0.15, 0.2) is 11.6 Å². The summed E-state index contributed by atoms with van der Waals surface area (Å²) in [4.78, 5) is 55.4. The molecule has 0 saturated carbocycles. The first-order chi connectivity index (χ1) is 8.73. The fourth-order valence-electron chi connectivity index (χ4n) is 1.56. The average Bonchev–Trinajstić information content (AvgIpc) is 2.25. The Balaban J connectivity index is 3.09. The molecular formula is C10H9NO8. The van der Waals surface area contributed by atoms with Crippen molar-refractivity contribution in [2.45, 2.75) is 18.9 Å². The van der Waals surface area contributed by atoms with Gasteiger partial charge in [-0.25, -0.2) is 9.59 Å². The van der Waals surface area contributed by atoms with Crippen molar-refractivity contribution in [1.29, 1.82) is 0 Å². The smallest absolute Gasteiger partial charge is 0.332 e. The van der Waals surface area contributed by atoms with E-state index < -0.39 is 54.2 Å². The molecule has 0 aromatic heterocycles. The van der Waals surface area contributed by atoms with E-state index in [9.17, 15) is 24.0 Å². The topological polar surface area (TPSA) is 149 Å². The molecule has 0 radical (unpaired) electrons. The van der Waals surface area contributed by atoms with Crippen LogP contribution in [0.1, 0.15) is 12.8 Å². The Labute approximate surface area is 105 Å². The van der Waals surface area contributed by atoms with E-state index in [1.807, 2.05) is 0 Å². The van der Waals surface area contributed by atoms with Gasteiger partial charge in [0.1, 0.15) is 6.04 Å². The van der Waals surface area contributed by atoms with Crippen LogP contribution in [0.5, 0.6) is 0 Å². The van der Waals surface area contributed by atoms with Crippen molar-refractivity contribution in [3.63, 3.8) is 0 Å². The largest absolute Gasteiger partial charge is 0.481 e. The molecule has 0 aliphatic carbocycles. The monoisotopic (exact) mass is 271 g/mol. The number of carboxylic acid groups (broad SMARTS) is 3. The highest BCUT2D eigenvalue weighted by molar-refractivity contribution is 6.13. The minimum absolute atomic E-state index is 0.253. The first-order valence-electron chi connectivity index (χ1n) is 4.98. The maximum atomic E-state index is 11.6. The Morgan fingerprint density at radius 1 is 1.21 bits per heavy atom. The molecule has 1 unspecified atom stereocenters. The van der Waals surface area contributed by atoms with Gasteiger partial charge in [0.15, 0.2) is 0 Å². The van der Waals surface area contributed by atoms with Gasteiger partial charge in [0.2, 0.25) is 5.91 Å². The zero-order valence-electron chi connectivity index (χ0n) is 9.40. The lowest BCUT2D eigenvalue weighted by molar-refractivity contribution is -0.159. The molecule has 0 aromatic rings. The summed E-state index contributed by atoms with van der Waals surface area (Å²) in [5.74, 6) is -6.83. The molecule has 0 bridgehead atoms. The molecule has 0 fully saturated rings. The van der Waals surface area contributed by atoms with Gasteiger partial charge in [0, 0.05) is 6.08 Å². The molecule has 0 aromatic carbocycles. The van der Waals surface area contributed by atoms with Crippen LogP contribution in [0, 0.1) is 0 Å². The molecule has 2 amide bonds. The van der Waals surface area contributed by atoms with Gasteiger partial charge in [-0.15, -0.1) is 0 Å². The van der Waals surface area contributed by atoms with Gasteiger partial charge in [-0.1, -0.05) is 0 Å². The molecule has 1 aliphatic heterocycles. The van der Waals surface area contributed by atoms with Gasteiger partial charge in [-0.05, 0) is 0 Å². The van der Waals surface area contributed by atoms with Gasteiger partial charge < -0.3 is 15.3 Å². The summed E-state index contributed by atoms with van der Waals surface area (Å²) in [6.45, 7) is 0. The van der Waals surface area contributed by atoms with Crippen LogP contribution in [0.3, 0.4) is 0 Å². The van der Waals surface area contributed by atoms with Gasteiger partial charge in [0.05, 0.1) is 18.4 Å². The van der Waals surface area contributed by atoms with Crippen LogP contribution < -0.4 is 0 Å². The summed E-state index contributed by atoms with van der Waals surface area (Å²) in [7, 11) is 0. The average molecular weight is 271 g/mol. The first-order valence-corrected chi connectivity index (χ1v) is 4.98. The number of imide groups is 1. The summed E-state index contributed by atoms with van der Waals surface area (Å²) in [6.07, 6.45) is -1.00. The van der Waals surface area contributed by atoms with Crippen molar-refractivity contribution in [3.8, 4) is 0 Å². The van der Waals surface area contributed by atoms with Crippen molar-refractivity contribution < 1.29 is 39.3 Å². The van der Waals surface area contributed by atoms with Crippen LogP contribution in [-0.4, -0.2) is 56.0 Å². The molecule has 3 N–H and O–H groups in total.